The van der Waals surface area contributed by atoms with Gasteiger partial charge < -0.3 is 20.2 Å². The molecule has 0 spiro atoms. The lowest BCUT2D eigenvalue weighted by molar-refractivity contribution is -0.121. The summed E-state index contributed by atoms with van der Waals surface area (Å²) < 4.78 is 10.4. The third-order valence-corrected chi connectivity index (χ3v) is 2.38. The van der Waals surface area contributed by atoms with Crippen molar-refractivity contribution < 1.29 is 24.3 Å². The minimum Gasteiger partial charge on any atom is -0.377 e. The first-order valence-electron chi connectivity index (χ1n) is 2.83. The number of hydrogen-bond donors (Lipinski definition) is 4. The van der Waals surface area contributed by atoms with Gasteiger partial charge in [0, 0.05) is 0 Å². The van der Waals surface area contributed by atoms with E-state index in [9.17, 15) is 9.36 Å². The predicted molar refractivity (Wildman–Crippen MR) is 36.7 cm³/mol. The first-order valence-corrected chi connectivity index (χ1v) is 4.51. The van der Waals surface area contributed by atoms with Crippen LogP contribution in [0.3, 0.4) is 0 Å². The van der Waals surface area contributed by atoms with Crippen molar-refractivity contribution in [2.45, 2.75) is 12.6 Å². The summed E-state index contributed by atoms with van der Waals surface area (Å²) in [6.07, 6.45) is 0. The van der Waals surface area contributed by atoms with Gasteiger partial charge in [-0.25, -0.2) is 0 Å². The molecule has 0 aromatic heterocycles. The van der Waals surface area contributed by atoms with E-state index in [1.54, 1.807) is 0 Å². The Morgan fingerprint density at radius 2 is 2.09 bits per heavy atom. The summed E-state index contributed by atoms with van der Waals surface area (Å²) in [5.41, 5.74) is -1.41. The zero-order chi connectivity index (χ0) is 9.07. The van der Waals surface area contributed by atoms with Crippen molar-refractivity contribution in [3.8, 4) is 0 Å². The number of rotatable bonds is 3. The quantitative estimate of drug-likeness (QED) is 0.318. The Bertz CT molecular complexity index is 187. The van der Waals surface area contributed by atoms with Gasteiger partial charge in [0.2, 0.25) is 5.91 Å². The molecule has 66 valence electrons. The van der Waals surface area contributed by atoms with E-state index >= 15 is 0 Å². The van der Waals surface area contributed by atoms with Crippen LogP contribution >= 0.6 is 7.60 Å². The zero-order valence-corrected chi connectivity index (χ0v) is 6.78. The predicted octanol–water partition coefficient (Wildman–Crippen LogP) is -1.38. The Labute approximate surface area is 63.4 Å². The van der Waals surface area contributed by atoms with E-state index < -0.39 is 25.9 Å². The van der Waals surface area contributed by atoms with E-state index in [-0.39, 0.29) is 0 Å². The number of aliphatic hydroxyl groups is 1. The third kappa shape index (κ3) is 3.48. The Balaban J connectivity index is 4.14. The summed E-state index contributed by atoms with van der Waals surface area (Å²) in [6, 6.07) is 0. The fourth-order valence-electron chi connectivity index (χ4n) is 0.378. The molecule has 0 aromatic rings. The highest BCUT2D eigenvalue weighted by molar-refractivity contribution is 7.53. The molecule has 0 aliphatic rings. The van der Waals surface area contributed by atoms with Crippen LogP contribution in [-0.2, 0) is 9.36 Å². The Hall–Kier alpha value is -0.420. The summed E-state index contributed by atoms with van der Waals surface area (Å²) in [6.45, 7) is 0.467. The molecule has 0 fully saturated rings. The van der Waals surface area contributed by atoms with E-state index in [2.05, 4.69) is 0 Å². The number of aliphatic hydroxyl groups excluding tert-OH is 1. The maximum absolute atomic E-state index is 10.6. The maximum Gasteiger partial charge on any atom is 0.337 e. The van der Waals surface area contributed by atoms with E-state index in [4.69, 9.17) is 14.9 Å². The molecule has 0 radical (unpaired) electrons. The van der Waals surface area contributed by atoms with Crippen LogP contribution in [0, 0.1) is 0 Å². The van der Waals surface area contributed by atoms with Gasteiger partial charge in [0.05, 0.1) is 0 Å². The summed E-state index contributed by atoms with van der Waals surface area (Å²) in [5.74, 6) is -0.860. The van der Waals surface area contributed by atoms with Crippen LogP contribution in [0.2, 0.25) is 0 Å². The molecule has 0 saturated heterocycles. The van der Waals surface area contributed by atoms with Crippen molar-refractivity contribution in [2.24, 2.45) is 0 Å². The normalized spacial score (nSPS) is 14.2. The molecule has 0 bridgehead atoms. The molecule has 0 rings (SSSR count). The number of carbonyl (C=O) groups is 1. The average molecular weight is 183 g/mol. The van der Waals surface area contributed by atoms with Crippen molar-refractivity contribution in [2.75, 3.05) is 6.73 Å². The summed E-state index contributed by atoms with van der Waals surface area (Å²) in [7, 11) is -4.37. The molecule has 0 saturated carbocycles. The van der Waals surface area contributed by atoms with Gasteiger partial charge in [-0.2, -0.15) is 0 Å². The van der Waals surface area contributed by atoms with E-state index in [0.717, 1.165) is 6.92 Å². The third-order valence-electron chi connectivity index (χ3n) is 1.14. The molecule has 0 aliphatic heterocycles. The van der Waals surface area contributed by atoms with Crippen molar-refractivity contribution >= 4 is 13.5 Å². The van der Waals surface area contributed by atoms with Crippen LogP contribution in [0.15, 0.2) is 0 Å². The van der Waals surface area contributed by atoms with Gasteiger partial charge in [-0.1, -0.05) is 0 Å². The van der Waals surface area contributed by atoms with Crippen LogP contribution in [0.5, 0.6) is 0 Å². The molecule has 4 N–H and O–H groups in total. The summed E-state index contributed by atoms with van der Waals surface area (Å²) in [5, 5.41) is 10.0. The van der Waals surface area contributed by atoms with Crippen LogP contribution in [0.25, 0.3) is 0 Å². The highest BCUT2D eigenvalue weighted by atomic mass is 31.2. The Kier molecular flexibility index (Phi) is 3.68. The smallest absolute Gasteiger partial charge is 0.337 e. The number of carbonyl (C=O) groups excluding carboxylic acids is 1. The van der Waals surface area contributed by atoms with Crippen LogP contribution < -0.4 is 5.32 Å². The lowest BCUT2D eigenvalue weighted by Crippen LogP contribution is -2.33. The summed E-state index contributed by atoms with van der Waals surface area (Å²) >= 11 is 0. The topological polar surface area (TPSA) is 107 Å². The molecule has 0 heterocycles. The standard InChI is InChI=1S/C4H10NO5P/c1-3(11(8,9)10)4(7)5-2-6/h3,6H,2H2,1H3,(H,5,7)(H2,8,9,10). The van der Waals surface area contributed by atoms with E-state index in [1.165, 1.54) is 0 Å². The van der Waals surface area contributed by atoms with Crippen molar-refractivity contribution in [1.82, 2.24) is 5.32 Å². The Morgan fingerprint density at radius 3 is 2.36 bits per heavy atom. The molecule has 7 heteroatoms. The second kappa shape index (κ2) is 3.82. The van der Waals surface area contributed by atoms with Gasteiger partial charge in [-0.05, 0) is 6.92 Å². The highest BCUT2D eigenvalue weighted by Gasteiger charge is 2.30. The first kappa shape index (κ1) is 10.6. The van der Waals surface area contributed by atoms with Crippen LogP contribution in [-0.4, -0.2) is 33.2 Å². The maximum atomic E-state index is 10.6. The van der Waals surface area contributed by atoms with Crippen LogP contribution in [0.1, 0.15) is 6.92 Å². The number of amides is 1. The summed E-state index contributed by atoms with van der Waals surface area (Å²) in [4.78, 5) is 27.5. The molecule has 6 nitrogen and oxygen atoms in total. The highest BCUT2D eigenvalue weighted by Crippen LogP contribution is 2.40. The van der Waals surface area contributed by atoms with Gasteiger partial charge in [-0.15, -0.1) is 0 Å². The van der Waals surface area contributed by atoms with Gasteiger partial charge in [-0.3, -0.25) is 9.36 Å². The molecule has 0 aromatic carbocycles. The minimum absolute atomic E-state index is 0.622. The van der Waals surface area contributed by atoms with Crippen molar-refractivity contribution in [3.05, 3.63) is 0 Å². The van der Waals surface area contributed by atoms with E-state index in [0.29, 0.717) is 0 Å². The zero-order valence-electron chi connectivity index (χ0n) is 5.89. The number of hydrogen-bond acceptors (Lipinski definition) is 3. The van der Waals surface area contributed by atoms with Gasteiger partial charge in [0.25, 0.3) is 0 Å². The van der Waals surface area contributed by atoms with Gasteiger partial charge in [0.1, 0.15) is 12.4 Å². The Morgan fingerprint density at radius 1 is 1.64 bits per heavy atom. The average Bonchev–Trinajstić information content (AvgIpc) is 1.85. The SMILES string of the molecule is CC(C(=O)NCO)P(=O)(O)O. The molecular weight excluding hydrogens is 173 g/mol. The molecule has 1 unspecified atom stereocenters. The van der Waals surface area contributed by atoms with Crippen molar-refractivity contribution in [3.63, 3.8) is 0 Å². The molecule has 0 aliphatic carbocycles. The second-order valence-corrected chi connectivity index (χ2v) is 3.92. The van der Waals surface area contributed by atoms with Crippen molar-refractivity contribution in [1.29, 1.82) is 0 Å². The fraction of sp³-hybridized carbons (Fsp3) is 0.750. The minimum atomic E-state index is -4.37. The van der Waals surface area contributed by atoms with E-state index in [1.807, 2.05) is 5.32 Å². The lowest BCUT2D eigenvalue weighted by atomic mass is 10.4. The number of nitrogens with one attached hydrogen (secondary N) is 1. The largest absolute Gasteiger partial charge is 0.377 e. The van der Waals surface area contributed by atoms with Crippen LogP contribution in [0.4, 0.5) is 0 Å². The molecule has 1 atom stereocenters. The first-order chi connectivity index (χ1) is 4.89. The fourth-order valence-corrected chi connectivity index (χ4v) is 0.775. The molecule has 1 amide bonds. The molecule has 11 heavy (non-hydrogen) atoms. The molecular formula is C4H10NO5P. The van der Waals surface area contributed by atoms with Gasteiger partial charge >= 0.3 is 7.60 Å². The second-order valence-electron chi connectivity index (χ2n) is 1.96. The lowest BCUT2D eigenvalue weighted by Gasteiger charge is -2.11. The monoisotopic (exact) mass is 183 g/mol. The van der Waals surface area contributed by atoms with Gasteiger partial charge in [0.15, 0.2) is 0 Å².